The maximum Gasteiger partial charge on any atom is 0.0410 e. The van der Waals surface area contributed by atoms with Crippen LogP contribution < -0.4 is 5.32 Å². The number of hydrogen-bond donors (Lipinski definition) is 1. The Hall–Kier alpha value is -0.410. The standard InChI is InChI=1S/C14H21BrN2/c1-3-16-10-14(2,12-4-5-12)7-11-6-13(15)9-17-8-11/h6,8-9,12,16H,3-5,7,10H2,1-2H3. The fourth-order valence-corrected chi connectivity index (χ4v) is 2.97. The molecule has 0 spiro atoms. The molecular formula is C14H21BrN2. The van der Waals surface area contributed by atoms with Gasteiger partial charge in [-0.3, -0.25) is 4.98 Å². The van der Waals surface area contributed by atoms with Crippen LogP contribution in [0.4, 0.5) is 0 Å². The summed E-state index contributed by atoms with van der Waals surface area (Å²) in [5.74, 6) is 0.889. The van der Waals surface area contributed by atoms with Crippen LogP contribution in [-0.4, -0.2) is 18.1 Å². The highest BCUT2D eigenvalue weighted by Crippen LogP contribution is 2.47. The molecule has 1 saturated carbocycles. The van der Waals surface area contributed by atoms with Gasteiger partial charge in [-0.2, -0.15) is 0 Å². The van der Waals surface area contributed by atoms with E-state index in [4.69, 9.17) is 0 Å². The van der Waals surface area contributed by atoms with E-state index in [1.54, 1.807) is 0 Å². The topological polar surface area (TPSA) is 24.9 Å². The van der Waals surface area contributed by atoms with Gasteiger partial charge in [-0.25, -0.2) is 0 Å². The summed E-state index contributed by atoms with van der Waals surface area (Å²) in [6.45, 7) is 6.75. The average Bonchev–Trinajstić information content (AvgIpc) is 3.10. The lowest BCUT2D eigenvalue weighted by molar-refractivity contribution is 0.257. The highest BCUT2D eigenvalue weighted by atomic mass is 79.9. The van der Waals surface area contributed by atoms with E-state index in [1.807, 2.05) is 12.4 Å². The average molecular weight is 297 g/mol. The molecule has 17 heavy (non-hydrogen) atoms. The van der Waals surface area contributed by atoms with Crippen molar-refractivity contribution in [3.8, 4) is 0 Å². The van der Waals surface area contributed by atoms with Crippen LogP contribution in [0.15, 0.2) is 22.9 Å². The molecule has 1 fully saturated rings. The minimum atomic E-state index is 0.387. The van der Waals surface area contributed by atoms with E-state index in [9.17, 15) is 0 Å². The minimum absolute atomic E-state index is 0.387. The second kappa shape index (κ2) is 5.49. The van der Waals surface area contributed by atoms with Gasteiger partial charge < -0.3 is 5.32 Å². The molecule has 0 aliphatic heterocycles. The van der Waals surface area contributed by atoms with Crippen molar-refractivity contribution in [2.75, 3.05) is 13.1 Å². The summed E-state index contributed by atoms with van der Waals surface area (Å²) >= 11 is 3.50. The van der Waals surface area contributed by atoms with Crippen LogP contribution in [0.1, 0.15) is 32.3 Å². The van der Waals surface area contributed by atoms with Crippen molar-refractivity contribution in [3.05, 3.63) is 28.5 Å². The number of hydrogen-bond acceptors (Lipinski definition) is 2. The highest BCUT2D eigenvalue weighted by Gasteiger charge is 2.40. The quantitative estimate of drug-likeness (QED) is 0.870. The molecule has 0 radical (unpaired) electrons. The summed E-state index contributed by atoms with van der Waals surface area (Å²) < 4.78 is 1.08. The van der Waals surface area contributed by atoms with E-state index in [2.05, 4.69) is 46.1 Å². The van der Waals surface area contributed by atoms with Crippen molar-refractivity contribution < 1.29 is 0 Å². The number of aromatic nitrogens is 1. The molecule has 0 bridgehead atoms. The van der Waals surface area contributed by atoms with Crippen molar-refractivity contribution in [2.45, 2.75) is 33.1 Å². The summed E-state index contributed by atoms with van der Waals surface area (Å²) in [4.78, 5) is 4.26. The van der Waals surface area contributed by atoms with Crippen LogP contribution in [0, 0.1) is 11.3 Å². The van der Waals surface area contributed by atoms with Gasteiger partial charge in [0, 0.05) is 23.4 Å². The zero-order chi connectivity index (χ0) is 12.3. The van der Waals surface area contributed by atoms with Crippen LogP contribution in [0.3, 0.4) is 0 Å². The summed E-state index contributed by atoms with van der Waals surface area (Å²) in [5.41, 5.74) is 1.73. The van der Waals surface area contributed by atoms with Gasteiger partial charge in [0.25, 0.3) is 0 Å². The zero-order valence-corrected chi connectivity index (χ0v) is 12.3. The Morgan fingerprint density at radius 2 is 2.24 bits per heavy atom. The summed E-state index contributed by atoms with van der Waals surface area (Å²) in [6, 6.07) is 2.19. The number of nitrogens with zero attached hydrogens (tertiary/aromatic N) is 1. The van der Waals surface area contributed by atoms with Gasteiger partial charge in [-0.1, -0.05) is 13.8 Å². The first-order valence-electron chi connectivity index (χ1n) is 6.44. The molecule has 1 atom stereocenters. The molecule has 0 saturated heterocycles. The Morgan fingerprint density at radius 3 is 2.82 bits per heavy atom. The van der Waals surface area contributed by atoms with Crippen LogP contribution in [0.2, 0.25) is 0 Å². The van der Waals surface area contributed by atoms with Crippen LogP contribution in [0.25, 0.3) is 0 Å². The predicted octanol–water partition coefficient (Wildman–Crippen LogP) is 3.41. The van der Waals surface area contributed by atoms with Gasteiger partial charge in [0.05, 0.1) is 0 Å². The molecule has 1 aromatic heterocycles. The molecule has 1 heterocycles. The molecule has 0 aromatic carbocycles. The van der Waals surface area contributed by atoms with Crippen molar-refractivity contribution in [3.63, 3.8) is 0 Å². The Morgan fingerprint density at radius 1 is 1.47 bits per heavy atom. The first-order chi connectivity index (χ1) is 8.14. The molecular weight excluding hydrogens is 276 g/mol. The first-order valence-corrected chi connectivity index (χ1v) is 7.23. The smallest absolute Gasteiger partial charge is 0.0410 e. The molecule has 1 aliphatic carbocycles. The Bertz CT molecular complexity index is 376. The van der Waals surface area contributed by atoms with Crippen molar-refractivity contribution in [1.29, 1.82) is 0 Å². The van der Waals surface area contributed by atoms with E-state index in [1.165, 1.54) is 18.4 Å². The second-order valence-electron chi connectivity index (χ2n) is 5.40. The van der Waals surface area contributed by atoms with E-state index in [-0.39, 0.29) is 0 Å². The number of nitrogens with one attached hydrogen (secondary N) is 1. The molecule has 0 amide bonds. The van der Waals surface area contributed by atoms with Gasteiger partial charge in [0.1, 0.15) is 0 Å². The molecule has 2 nitrogen and oxygen atoms in total. The molecule has 1 unspecified atom stereocenters. The fourth-order valence-electron chi connectivity index (χ4n) is 2.56. The number of rotatable bonds is 6. The molecule has 1 aromatic rings. The largest absolute Gasteiger partial charge is 0.316 e. The third-order valence-electron chi connectivity index (χ3n) is 3.71. The van der Waals surface area contributed by atoms with E-state index in [0.29, 0.717) is 5.41 Å². The number of halogens is 1. The first kappa shape index (κ1) is 13.0. The van der Waals surface area contributed by atoms with Crippen LogP contribution in [0.5, 0.6) is 0 Å². The summed E-state index contributed by atoms with van der Waals surface area (Å²) in [6.07, 6.45) is 7.75. The van der Waals surface area contributed by atoms with Gasteiger partial charge in [-0.15, -0.1) is 0 Å². The van der Waals surface area contributed by atoms with Gasteiger partial charge in [-0.05, 0) is 64.7 Å². The normalized spacial score (nSPS) is 19.0. The van der Waals surface area contributed by atoms with Crippen LogP contribution in [-0.2, 0) is 6.42 Å². The van der Waals surface area contributed by atoms with Crippen molar-refractivity contribution in [2.24, 2.45) is 11.3 Å². The summed E-state index contributed by atoms with van der Waals surface area (Å²) in [5, 5.41) is 3.51. The highest BCUT2D eigenvalue weighted by molar-refractivity contribution is 9.10. The Kier molecular flexibility index (Phi) is 4.21. The lowest BCUT2D eigenvalue weighted by Gasteiger charge is -2.30. The fraction of sp³-hybridized carbons (Fsp3) is 0.643. The predicted molar refractivity (Wildman–Crippen MR) is 75.0 cm³/mol. The Balaban J connectivity index is 2.06. The molecule has 2 rings (SSSR count). The maximum absolute atomic E-state index is 4.26. The third-order valence-corrected chi connectivity index (χ3v) is 4.14. The third kappa shape index (κ3) is 3.52. The molecule has 3 heteroatoms. The van der Waals surface area contributed by atoms with Crippen LogP contribution >= 0.6 is 15.9 Å². The summed E-state index contributed by atoms with van der Waals surface area (Å²) in [7, 11) is 0. The minimum Gasteiger partial charge on any atom is -0.316 e. The molecule has 1 aliphatic rings. The Labute approximate surface area is 112 Å². The number of pyridine rings is 1. The second-order valence-corrected chi connectivity index (χ2v) is 6.31. The van der Waals surface area contributed by atoms with Gasteiger partial charge >= 0.3 is 0 Å². The van der Waals surface area contributed by atoms with Gasteiger partial charge in [0.15, 0.2) is 0 Å². The van der Waals surface area contributed by atoms with Crippen molar-refractivity contribution in [1.82, 2.24) is 10.3 Å². The lowest BCUT2D eigenvalue weighted by Crippen LogP contribution is -2.35. The lowest BCUT2D eigenvalue weighted by atomic mass is 9.79. The van der Waals surface area contributed by atoms with E-state index in [0.717, 1.165) is 29.9 Å². The van der Waals surface area contributed by atoms with Crippen molar-refractivity contribution >= 4 is 15.9 Å². The SMILES string of the molecule is CCNCC(C)(Cc1cncc(Br)c1)C1CC1. The maximum atomic E-state index is 4.26. The molecule has 1 N–H and O–H groups in total. The molecule has 94 valence electrons. The van der Waals surface area contributed by atoms with E-state index < -0.39 is 0 Å². The van der Waals surface area contributed by atoms with E-state index >= 15 is 0 Å². The monoisotopic (exact) mass is 296 g/mol. The van der Waals surface area contributed by atoms with Gasteiger partial charge in [0.2, 0.25) is 0 Å². The zero-order valence-electron chi connectivity index (χ0n) is 10.7.